The van der Waals surface area contributed by atoms with Crippen molar-refractivity contribution in [3.05, 3.63) is 16.1 Å². The molecule has 2 saturated heterocycles. The molecule has 6 nitrogen and oxygen atoms in total. The molecule has 1 aromatic rings. The van der Waals surface area contributed by atoms with E-state index in [1.165, 1.54) is 0 Å². The van der Waals surface area contributed by atoms with Crippen molar-refractivity contribution in [2.75, 3.05) is 39.3 Å². The second kappa shape index (κ2) is 6.29. The number of piperazine rings is 1. The third-order valence-corrected chi connectivity index (χ3v) is 6.96. The predicted octanol–water partition coefficient (Wildman–Crippen LogP) is 0.910. The molecule has 0 spiro atoms. The zero-order chi connectivity index (χ0) is 14.9. The molecule has 0 atom stereocenters. The number of nitrogens with zero attached hydrogens (tertiary/aromatic N) is 4. The van der Waals surface area contributed by atoms with Crippen LogP contribution in [0.1, 0.15) is 23.5 Å². The monoisotopic (exact) mass is 330 g/mol. The van der Waals surface area contributed by atoms with Crippen LogP contribution in [0.15, 0.2) is 5.38 Å². The van der Waals surface area contributed by atoms with E-state index < -0.39 is 10.2 Å². The van der Waals surface area contributed by atoms with Gasteiger partial charge < -0.3 is 0 Å². The standard InChI is InChI=1S/C13H22N4O2S2/c1-12-14-13(11-20-12)10-15-6-8-17(9-7-15)21(18,19)16-4-2-3-5-16/h11H,2-10H2,1H3. The molecular formula is C13H22N4O2S2. The third-order valence-electron chi connectivity index (χ3n) is 4.10. The van der Waals surface area contributed by atoms with Crippen molar-refractivity contribution in [2.45, 2.75) is 26.3 Å². The first-order chi connectivity index (χ1) is 10.1. The van der Waals surface area contributed by atoms with Gasteiger partial charge in [-0.25, -0.2) is 4.98 Å². The summed E-state index contributed by atoms with van der Waals surface area (Å²) in [4.78, 5) is 6.75. The van der Waals surface area contributed by atoms with Crippen molar-refractivity contribution in [1.82, 2.24) is 18.5 Å². The van der Waals surface area contributed by atoms with Crippen LogP contribution in [-0.4, -0.2) is 66.2 Å². The van der Waals surface area contributed by atoms with E-state index in [1.807, 2.05) is 6.92 Å². The van der Waals surface area contributed by atoms with Gasteiger partial charge in [-0.15, -0.1) is 11.3 Å². The lowest BCUT2D eigenvalue weighted by Crippen LogP contribution is -2.52. The fourth-order valence-corrected chi connectivity index (χ4v) is 5.19. The quantitative estimate of drug-likeness (QED) is 0.823. The normalized spacial score (nSPS) is 22.9. The summed E-state index contributed by atoms with van der Waals surface area (Å²) >= 11 is 1.66. The highest BCUT2D eigenvalue weighted by molar-refractivity contribution is 7.86. The van der Waals surface area contributed by atoms with E-state index in [1.54, 1.807) is 19.9 Å². The Morgan fingerprint density at radius 1 is 1.10 bits per heavy atom. The van der Waals surface area contributed by atoms with Gasteiger partial charge in [-0.1, -0.05) is 0 Å². The fourth-order valence-electron chi connectivity index (χ4n) is 2.91. The average molecular weight is 330 g/mol. The minimum absolute atomic E-state index is 0.585. The molecule has 118 valence electrons. The smallest absolute Gasteiger partial charge is 0.282 e. The molecule has 1 aromatic heterocycles. The molecule has 0 saturated carbocycles. The molecule has 0 unspecified atom stereocenters. The summed E-state index contributed by atoms with van der Waals surface area (Å²) in [5, 5.41) is 3.17. The summed E-state index contributed by atoms with van der Waals surface area (Å²) in [5.74, 6) is 0. The summed E-state index contributed by atoms with van der Waals surface area (Å²) in [6.07, 6.45) is 1.98. The molecule has 2 fully saturated rings. The van der Waals surface area contributed by atoms with E-state index in [0.29, 0.717) is 26.2 Å². The van der Waals surface area contributed by atoms with Gasteiger partial charge in [0.25, 0.3) is 10.2 Å². The minimum Gasteiger partial charge on any atom is -0.295 e. The van der Waals surface area contributed by atoms with Crippen LogP contribution in [0.2, 0.25) is 0 Å². The highest BCUT2D eigenvalue weighted by Crippen LogP contribution is 2.19. The first-order valence-electron chi connectivity index (χ1n) is 7.44. The molecule has 3 heterocycles. The first-order valence-corrected chi connectivity index (χ1v) is 9.72. The Balaban J connectivity index is 1.55. The van der Waals surface area contributed by atoms with Crippen molar-refractivity contribution in [3.8, 4) is 0 Å². The molecule has 0 bridgehead atoms. The van der Waals surface area contributed by atoms with Gasteiger partial charge in [0, 0.05) is 51.2 Å². The number of hydrogen-bond donors (Lipinski definition) is 0. The Kier molecular flexibility index (Phi) is 4.60. The van der Waals surface area contributed by atoms with E-state index >= 15 is 0 Å². The summed E-state index contributed by atoms with van der Waals surface area (Å²) in [5.41, 5.74) is 1.09. The highest BCUT2D eigenvalue weighted by Gasteiger charge is 2.33. The van der Waals surface area contributed by atoms with Gasteiger partial charge in [-0.2, -0.15) is 17.0 Å². The summed E-state index contributed by atoms with van der Waals surface area (Å²) in [6, 6.07) is 0. The van der Waals surface area contributed by atoms with E-state index in [-0.39, 0.29) is 0 Å². The Morgan fingerprint density at radius 2 is 1.71 bits per heavy atom. The first kappa shape index (κ1) is 15.4. The second-order valence-corrected chi connectivity index (χ2v) is 8.64. The molecule has 3 rings (SSSR count). The van der Waals surface area contributed by atoms with Gasteiger partial charge in [0.15, 0.2) is 0 Å². The molecule has 21 heavy (non-hydrogen) atoms. The van der Waals surface area contributed by atoms with E-state index in [0.717, 1.165) is 43.2 Å². The maximum absolute atomic E-state index is 12.5. The van der Waals surface area contributed by atoms with Gasteiger partial charge >= 0.3 is 0 Å². The van der Waals surface area contributed by atoms with Crippen molar-refractivity contribution in [2.24, 2.45) is 0 Å². The fraction of sp³-hybridized carbons (Fsp3) is 0.769. The molecule has 2 aliphatic rings. The number of thiazole rings is 1. The molecule has 8 heteroatoms. The van der Waals surface area contributed by atoms with Crippen molar-refractivity contribution in [1.29, 1.82) is 0 Å². The van der Waals surface area contributed by atoms with Gasteiger partial charge in [-0.3, -0.25) is 4.90 Å². The van der Waals surface area contributed by atoms with Crippen molar-refractivity contribution >= 4 is 21.5 Å². The maximum atomic E-state index is 12.5. The molecule has 0 aliphatic carbocycles. The topological polar surface area (TPSA) is 56.8 Å². The summed E-state index contributed by atoms with van der Waals surface area (Å²) < 4.78 is 28.2. The zero-order valence-corrected chi connectivity index (χ0v) is 14.0. The number of aryl methyl sites for hydroxylation is 1. The molecule has 0 aromatic carbocycles. The molecule has 0 radical (unpaired) electrons. The molecule has 0 amide bonds. The van der Waals surface area contributed by atoms with Crippen LogP contribution >= 0.6 is 11.3 Å². The number of aromatic nitrogens is 1. The zero-order valence-electron chi connectivity index (χ0n) is 12.4. The summed E-state index contributed by atoms with van der Waals surface area (Å²) in [7, 11) is -3.23. The van der Waals surface area contributed by atoms with E-state index in [2.05, 4.69) is 15.3 Å². The lowest BCUT2D eigenvalue weighted by atomic mass is 10.3. The minimum atomic E-state index is -3.23. The van der Waals surface area contributed by atoms with Gasteiger partial charge in [0.1, 0.15) is 0 Å². The van der Waals surface area contributed by atoms with Crippen molar-refractivity contribution in [3.63, 3.8) is 0 Å². The van der Waals surface area contributed by atoms with Crippen LogP contribution in [0.3, 0.4) is 0 Å². The van der Waals surface area contributed by atoms with Crippen LogP contribution in [0.25, 0.3) is 0 Å². The van der Waals surface area contributed by atoms with E-state index in [9.17, 15) is 8.42 Å². The Labute approximate surface area is 130 Å². The van der Waals surface area contributed by atoms with Crippen LogP contribution in [0.4, 0.5) is 0 Å². The van der Waals surface area contributed by atoms with Crippen LogP contribution in [0.5, 0.6) is 0 Å². The van der Waals surface area contributed by atoms with Gasteiger partial charge in [0.05, 0.1) is 10.7 Å². The third kappa shape index (κ3) is 3.45. The second-order valence-electron chi connectivity index (χ2n) is 5.65. The lowest BCUT2D eigenvalue weighted by Gasteiger charge is -2.35. The lowest BCUT2D eigenvalue weighted by molar-refractivity contribution is 0.174. The van der Waals surface area contributed by atoms with Crippen LogP contribution < -0.4 is 0 Å². The summed E-state index contributed by atoms with van der Waals surface area (Å²) in [6.45, 7) is 6.93. The Bertz CT molecular complexity index is 573. The molecular weight excluding hydrogens is 308 g/mol. The number of hydrogen-bond acceptors (Lipinski definition) is 5. The Hall–Kier alpha value is -0.540. The van der Waals surface area contributed by atoms with Crippen LogP contribution in [0, 0.1) is 6.92 Å². The molecule has 0 N–H and O–H groups in total. The average Bonchev–Trinajstić information content (AvgIpc) is 3.11. The van der Waals surface area contributed by atoms with Gasteiger partial charge in [-0.05, 0) is 19.8 Å². The maximum Gasteiger partial charge on any atom is 0.282 e. The largest absolute Gasteiger partial charge is 0.295 e. The SMILES string of the molecule is Cc1nc(CN2CCN(S(=O)(=O)N3CCCC3)CC2)cs1. The Morgan fingerprint density at radius 3 is 2.29 bits per heavy atom. The molecule has 2 aliphatic heterocycles. The van der Waals surface area contributed by atoms with E-state index in [4.69, 9.17) is 0 Å². The predicted molar refractivity (Wildman–Crippen MR) is 83.4 cm³/mol. The highest BCUT2D eigenvalue weighted by atomic mass is 32.2. The van der Waals surface area contributed by atoms with Gasteiger partial charge in [0.2, 0.25) is 0 Å². The van der Waals surface area contributed by atoms with Crippen LogP contribution in [-0.2, 0) is 16.8 Å². The van der Waals surface area contributed by atoms with Crippen molar-refractivity contribution < 1.29 is 8.42 Å². The number of rotatable bonds is 4.